The number of nitrogen functional groups attached to an aromatic ring is 1. The molecule has 0 bridgehead atoms. The molecule has 1 unspecified atom stereocenters. The summed E-state index contributed by atoms with van der Waals surface area (Å²) in [4.78, 5) is 22.1. The molecule has 1 aliphatic rings. The molecule has 0 spiro atoms. The third-order valence-electron chi connectivity index (χ3n) is 3.33. The van der Waals surface area contributed by atoms with E-state index in [0.29, 0.717) is 13.2 Å². The van der Waals surface area contributed by atoms with Crippen LogP contribution in [0.3, 0.4) is 0 Å². The SMILES string of the molecule is CC1(C)COCC1OC(=O)c1ccc([N+](=O)[O-])cc1N. The number of benzene rings is 1. The summed E-state index contributed by atoms with van der Waals surface area (Å²) in [6.07, 6.45) is -0.357. The number of ether oxygens (including phenoxy) is 2. The minimum Gasteiger partial charge on any atom is -0.456 e. The van der Waals surface area contributed by atoms with E-state index in [1.807, 2.05) is 13.8 Å². The van der Waals surface area contributed by atoms with Gasteiger partial charge in [-0.15, -0.1) is 0 Å². The molecule has 1 aromatic rings. The largest absolute Gasteiger partial charge is 0.456 e. The molecule has 7 heteroatoms. The van der Waals surface area contributed by atoms with E-state index >= 15 is 0 Å². The Hall–Kier alpha value is -2.15. The molecule has 1 heterocycles. The lowest BCUT2D eigenvalue weighted by atomic mass is 9.90. The van der Waals surface area contributed by atoms with Gasteiger partial charge in [-0.2, -0.15) is 0 Å². The van der Waals surface area contributed by atoms with Crippen LogP contribution in [-0.2, 0) is 9.47 Å². The normalized spacial score (nSPS) is 20.6. The monoisotopic (exact) mass is 280 g/mol. The average Bonchev–Trinajstić information content (AvgIpc) is 2.68. The highest BCUT2D eigenvalue weighted by molar-refractivity contribution is 5.95. The molecule has 2 N–H and O–H groups in total. The van der Waals surface area contributed by atoms with Gasteiger partial charge in [0.2, 0.25) is 0 Å². The summed E-state index contributed by atoms with van der Waals surface area (Å²) in [7, 11) is 0. The first-order chi connectivity index (χ1) is 9.31. The summed E-state index contributed by atoms with van der Waals surface area (Å²) in [6.45, 7) is 4.74. The summed E-state index contributed by atoms with van der Waals surface area (Å²) in [5.74, 6) is -0.596. The average molecular weight is 280 g/mol. The maximum absolute atomic E-state index is 12.1. The molecule has 2 rings (SSSR count). The van der Waals surface area contributed by atoms with Crippen molar-refractivity contribution < 1.29 is 19.2 Å². The number of esters is 1. The van der Waals surface area contributed by atoms with Gasteiger partial charge in [0.15, 0.2) is 0 Å². The zero-order valence-electron chi connectivity index (χ0n) is 11.3. The standard InChI is InChI=1S/C13H16N2O5/c1-13(2)7-19-6-11(13)20-12(16)9-4-3-8(15(17)18)5-10(9)14/h3-5,11H,6-7,14H2,1-2H3. The molecule has 0 radical (unpaired) electrons. The van der Waals surface area contributed by atoms with Crippen LogP contribution in [0, 0.1) is 15.5 Å². The van der Waals surface area contributed by atoms with Crippen LogP contribution >= 0.6 is 0 Å². The molecular formula is C13H16N2O5. The molecule has 1 aromatic carbocycles. The van der Waals surface area contributed by atoms with E-state index < -0.39 is 10.9 Å². The molecule has 0 aromatic heterocycles. The second-order valence-electron chi connectivity index (χ2n) is 5.43. The molecule has 1 aliphatic heterocycles. The minimum absolute atomic E-state index is 0.0286. The molecule has 0 amide bonds. The van der Waals surface area contributed by atoms with Gasteiger partial charge in [0.05, 0.1) is 29.4 Å². The van der Waals surface area contributed by atoms with Crippen molar-refractivity contribution >= 4 is 17.3 Å². The van der Waals surface area contributed by atoms with Gasteiger partial charge in [0.1, 0.15) is 6.10 Å². The van der Waals surface area contributed by atoms with E-state index in [2.05, 4.69) is 0 Å². The van der Waals surface area contributed by atoms with Gasteiger partial charge < -0.3 is 15.2 Å². The van der Waals surface area contributed by atoms with Crippen LogP contribution in [0.25, 0.3) is 0 Å². The zero-order valence-corrected chi connectivity index (χ0v) is 11.3. The van der Waals surface area contributed by atoms with Gasteiger partial charge in [0, 0.05) is 17.5 Å². The number of nitro benzene ring substituents is 1. The second kappa shape index (κ2) is 5.09. The van der Waals surface area contributed by atoms with Crippen LogP contribution in [0.4, 0.5) is 11.4 Å². The maximum Gasteiger partial charge on any atom is 0.340 e. The Morgan fingerprint density at radius 2 is 2.25 bits per heavy atom. The number of carbonyl (C=O) groups excluding carboxylic acids is 1. The van der Waals surface area contributed by atoms with Gasteiger partial charge >= 0.3 is 5.97 Å². The van der Waals surface area contributed by atoms with E-state index in [1.165, 1.54) is 12.1 Å². The first-order valence-electron chi connectivity index (χ1n) is 6.14. The van der Waals surface area contributed by atoms with Gasteiger partial charge in [-0.1, -0.05) is 13.8 Å². The molecule has 0 aliphatic carbocycles. The van der Waals surface area contributed by atoms with E-state index in [9.17, 15) is 14.9 Å². The fourth-order valence-corrected chi connectivity index (χ4v) is 1.98. The van der Waals surface area contributed by atoms with Crippen molar-refractivity contribution in [2.45, 2.75) is 20.0 Å². The van der Waals surface area contributed by atoms with Crippen molar-refractivity contribution in [2.24, 2.45) is 5.41 Å². The topological polar surface area (TPSA) is 105 Å². The Kier molecular flexibility index (Phi) is 3.63. The van der Waals surface area contributed by atoms with E-state index in [0.717, 1.165) is 6.07 Å². The highest BCUT2D eigenvalue weighted by atomic mass is 16.6. The van der Waals surface area contributed by atoms with Crippen LogP contribution in [-0.4, -0.2) is 30.2 Å². The third-order valence-corrected chi connectivity index (χ3v) is 3.33. The summed E-state index contributed by atoms with van der Waals surface area (Å²) in [5, 5.41) is 10.6. The van der Waals surface area contributed by atoms with Crippen molar-refractivity contribution in [1.29, 1.82) is 0 Å². The number of nitro groups is 1. The van der Waals surface area contributed by atoms with Crippen molar-refractivity contribution in [3.63, 3.8) is 0 Å². The molecule has 1 saturated heterocycles. The van der Waals surface area contributed by atoms with E-state index in [4.69, 9.17) is 15.2 Å². The third kappa shape index (κ3) is 2.72. The molecule has 20 heavy (non-hydrogen) atoms. The molecule has 108 valence electrons. The van der Waals surface area contributed by atoms with E-state index in [1.54, 1.807) is 0 Å². The number of carbonyl (C=O) groups is 1. The Morgan fingerprint density at radius 1 is 1.55 bits per heavy atom. The molecule has 7 nitrogen and oxygen atoms in total. The molecule has 1 atom stereocenters. The predicted molar refractivity (Wildman–Crippen MR) is 71.3 cm³/mol. The van der Waals surface area contributed by atoms with Crippen molar-refractivity contribution in [2.75, 3.05) is 18.9 Å². The molecule has 1 fully saturated rings. The lowest BCUT2D eigenvalue weighted by Gasteiger charge is -2.24. The van der Waals surface area contributed by atoms with E-state index in [-0.39, 0.29) is 28.5 Å². The van der Waals surface area contributed by atoms with Crippen LogP contribution in [0.1, 0.15) is 24.2 Å². The minimum atomic E-state index is -0.596. The number of anilines is 1. The number of hydrogen-bond donors (Lipinski definition) is 1. The maximum atomic E-state index is 12.1. The Labute approximate surface area is 115 Å². The highest BCUT2D eigenvalue weighted by Crippen LogP contribution is 2.31. The number of rotatable bonds is 3. The zero-order chi connectivity index (χ0) is 14.9. The quantitative estimate of drug-likeness (QED) is 0.391. The second-order valence-corrected chi connectivity index (χ2v) is 5.43. The summed E-state index contributed by atoms with van der Waals surface area (Å²) < 4.78 is 10.7. The van der Waals surface area contributed by atoms with Crippen molar-refractivity contribution in [3.8, 4) is 0 Å². The van der Waals surface area contributed by atoms with Gasteiger partial charge in [-0.25, -0.2) is 4.79 Å². The van der Waals surface area contributed by atoms with Crippen LogP contribution in [0.5, 0.6) is 0 Å². The molecular weight excluding hydrogens is 264 g/mol. The lowest BCUT2D eigenvalue weighted by Crippen LogP contribution is -2.32. The Morgan fingerprint density at radius 3 is 2.75 bits per heavy atom. The Bertz CT molecular complexity index is 556. The van der Waals surface area contributed by atoms with Gasteiger partial charge in [-0.05, 0) is 6.07 Å². The summed E-state index contributed by atoms with van der Waals surface area (Å²) in [5.41, 5.74) is 5.40. The highest BCUT2D eigenvalue weighted by Gasteiger charge is 2.39. The first-order valence-corrected chi connectivity index (χ1v) is 6.14. The van der Waals surface area contributed by atoms with Crippen molar-refractivity contribution in [1.82, 2.24) is 0 Å². The Balaban J connectivity index is 2.16. The first kappa shape index (κ1) is 14.3. The number of nitrogens with two attached hydrogens (primary N) is 1. The van der Waals surface area contributed by atoms with Crippen LogP contribution in [0.15, 0.2) is 18.2 Å². The number of nitrogens with zero attached hydrogens (tertiary/aromatic N) is 1. The smallest absolute Gasteiger partial charge is 0.340 e. The van der Waals surface area contributed by atoms with Crippen LogP contribution in [0.2, 0.25) is 0 Å². The van der Waals surface area contributed by atoms with Crippen molar-refractivity contribution in [3.05, 3.63) is 33.9 Å². The lowest BCUT2D eigenvalue weighted by molar-refractivity contribution is -0.384. The van der Waals surface area contributed by atoms with Gasteiger partial charge in [-0.3, -0.25) is 10.1 Å². The van der Waals surface area contributed by atoms with Crippen LogP contribution < -0.4 is 5.73 Å². The summed E-state index contributed by atoms with van der Waals surface area (Å²) in [6, 6.07) is 3.68. The fourth-order valence-electron chi connectivity index (χ4n) is 1.98. The fraction of sp³-hybridized carbons (Fsp3) is 0.462. The molecule has 0 saturated carbocycles. The summed E-state index contributed by atoms with van der Waals surface area (Å²) >= 11 is 0. The van der Waals surface area contributed by atoms with Gasteiger partial charge in [0.25, 0.3) is 5.69 Å². The predicted octanol–water partition coefficient (Wildman–Crippen LogP) is 1.76. The number of non-ortho nitro benzene ring substituents is 1. The number of hydrogen-bond acceptors (Lipinski definition) is 6.